The van der Waals surface area contributed by atoms with Crippen LogP contribution in [0.4, 0.5) is 10.1 Å². The molecule has 0 radical (unpaired) electrons. The first-order valence-corrected chi connectivity index (χ1v) is 5.80. The van der Waals surface area contributed by atoms with Crippen LogP contribution in [0.5, 0.6) is 0 Å². The molecule has 0 amide bonds. The first-order valence-electron chi connectivity index (χ1n) is 5.80. The van der Waals surface area contributed by atoms with Crippen molar-refractivity contribution in [1.29, 1.82) is 0 Å². The predicted molar refractivity (Wildman–Crippen MR) is 63.0 cm³/mol. The topological polar surface area (TPSA) is 28.2 Å². The smallest absolute Gasteiger partial charge is 0.212 e. The molecule has 1 aromatic rings. The van der Waals surface area contributed by atoms with Crippen molar-refractivity contribution in [3.05, 3.63) is 24.3 Å². The lowest BCUT2D eigenvalue weighted by atomic mass is 10.1. The number of anilines is 1. The highest BCUT2D eigenvalue weighted by Crippen LogP contribution is 2.15. The molecule has 1 N–H and O–H groups in total. The largest absolute Gasteiger partial charge is 0.381 e. The Morgan fingerprint density at radius 3 is 3.00 bits per heavy atom. The first-order chi connectivity index (χ1) is 7.74. The summed E-state index contributed by atoms with van der Waals surface area (Å²) in [5.74, 6) is -0.425. The van der Waals surface area contributed by atoms with Crippen molar-refractivity contribution in [3.63, 3.8) is 0 Å². The van der Waals surface area contributed by atoms with E-state index in [-0.39, 0.29) is 0 Å². The summed E-state index contributed by atoms with van der Waals surface area (Å²) in [5, 5.41) is 3.41. The zero-order chi connectivity index (χ0) is 11.4. The van der Waals surface area contributed by atoms with E-state index in [1.165, 1.54) is 25.5 Å². The normalized spacial score (nSPS) is 22.8. The van der Waals surface area contributed by atoms with E-state index < -0.39 is 5.95 Å². The summed E-state index contributed by atoms with van der Waals surface area (Å²) < 4.78 is 12.6. The van der Waals surface area contributed by atoms with Gasteiger partial charge in [-0.05, 0) is 51.5 Å². The molecule has 1 aliphatic heterocycles. The lowest BCUT2D eigenvalue weighted by molar-refractivity contribution is 0.348. The van der Waals surface area contributed by atoms with Crippen molar-refractivity contribution in [1.82, 2.24) is 9.88 Å². The minimum absolute atomic E-state index is 0.425. The Bertz CT molecular complexity index is 326. The third kappa shape index (κ3) is 3.17. The molecule has 0 bridgehead atoms. The molecule has 1 aromatic heterocycles. The second-order valence-corrected chi connectivity index (χ2v) is 4.45. The summed E-state index contributed by atoms with van der Waals surface area (Å²) in [6.45, 7) is 2.28. The minimum Gasteiger partial charge on any atom is -0.381 e. The fourth-order valence-corrected chi connectivity index (χ4v) is 2.08. The zero-order valence-electron chi connectivity index (χ0n) is 9.62. The van der Waals surface area contributed by atoms with Gasteiger partial charge in [-0.15, -0.1) is 0 Å². The van der Waals surface area contributed by atoms with Crippen molar-refractivity contribution in [2.45, 2.75) is 25.3 Å². The van der Waals surface area contributed by atoms with Gasteiger partial charge in [-0.1, -0.05) is 0 Å². The number of hydrogen-bond acceptors (Lipinski definition) is 3. The Hall–Kier alpha value is -1.16. The number of hydrogen-bond donors (Lipinski definition) is 1. The highest BCUT2D eigenvalue weighted by atomic mass is 19.1. The van der Waals surface area contributed by atoms with E-state index in [0.29, 0.717) is 6.04 Å². The summed E-state index contributed by atoms with van der Waals surface area (Å²) in [6.07, 6.45) is 5.07. The average molecular weight is 223 g/mol. The van der Waals surface area contributed by atoms with Crippen molar-refractivity contribution < 1.29 is 4.39 Å². The molecule has 4 heteroatoms. The molecule has 2 heterocycles. The lowest BCUT2D eigenvalue weighted by Gasteiger charge is -2.17. The average Bonchev–Trinajstić information content (AvgIpc) is 2.47. The van der Waals surface area contributed by atoms with E-state index in [1.807, 2.05) is 0 Å². The number of nitrogens with zero attached hydrogens (tertiary/aromatic N) is 2. The number of likely N-dealkylation sites (tertiary alicyclic amines) is 1. The van der Waals surface area contributed by atoms with Gasteiger partial charge in [0, 0.05) is 6.04 Å². The van der Waals surface area contributed by atoms with E-state index in [4.69, 9.17) is 0 Å². The second-order valence-electron chi connectivity index (χ2n) is 4.45. The van der Waals surface area contributed by atoms with Gasteiger partial charge in [0.1, 0.15) is 0 Å². The summed E-state index contributed by atoms with van der Waals surface area (Å²) in [6, 6.07) is 3.62. The highest BCUT2D eigenvalue weighted by Gasteiger charge is 2.14. The van der Waals surface area contributed by atoms with Crippen molar-refractivity contribution in [2.75, 3.05) is 25.5 Å². The van der Waals surface area contributed by atoms with Crippen LogP contribution in [0.25, 0.3) is 0 Å². The molecule has 16 heavy (non-hydrogen) atoms. The van der Waals surface area contributed by atoms with Gasteiger partial charge in [0.15, 0.2) is 0 Å². The van der Waals surface area contributed by atoms with Gasteiger partial charge in [0.2, 0.25) is 5.95 Å². The standard InChI is InChI=1S/C12H18FN3/c1-16-7-2-3-10(6-8-16)15-11-4-5-12(13)14-9-11/h4-5,9-10,15H,2-3,6-8H2,1H3. The van der Waals surface area contributed by atoms with E-state index in [2.05, 4.69) is 22.2 Å². The van der Waals surface area contributed by atoms with Gasteiger partial charge < -0.3 is 10.2 Å². The number of rotatable bonds is 2. The zero-order valence-corrected chi connectivity index (χ0v) is 9.62. The van der Waals surface area contributed by atoms with Gasteiger partial charge in [-0.3, -0.25) is 0 Å². The summed E-state index contributed by atoms with van der Waals surface area (Å²) in [7, 11) is 2.15. The fourth-order valence-electron chi connectivity index (χ4n) is 2.08. The SMILES string of the molecule is CN1CCCC(Nc2ccc(F)nc2)CC1. The quantitative estimate of drug-likeness (QED) is 0.778. The van der Waals surface area contributed by atoms with Gasteiger partial charge in [-0.2, -0.15) is 4.39 Å². The monoisotopic (exact) mass is 223 g/mol. The molecule has 0 aromatic carbocycles. The third-order valence-electron chi connectivity index (χ3n) is 3.05. The van der Waals surface area contributed by atoms with Crippen LogP contribution in [0.2, 0.25) is 0 Å². The minimum atomic E-state index is -0.425. The van der Waals surface area contributed by atoms with Gasteiger partial charge in [0.25, 0.3) is 0 Å². The van der Waals surface area contributed by atoms with Crippen molar-refractivity contribution >= 4 is 5.69 Å². The maximum absolute atomic E-state index is 12.6. The molecule has 0 saturated carbocycles. The molecule has 1 fully saturated rings. The van der Waals surface area contributed by atoms with Gasteiger partial charge in [0.05, 0.1) is 11.9 Å². The maximum Gasteiger partial charge on any atom is 0.212 e. The van der Waals surface area contributed by atoms with Crippen LogP contribution in [-0.4, -0.2) is 36.1 Å². The molecule has 1 saturated heterocycles. The van der Waals surface area contributed by atoms with Crippen LogP contribution < -0.4 is 5.32 Å². The van der Waals surface area contributed by atoms with Crippen LogP contribution in [-0.2, 0) is 0 Å². The number of aromatic nitrogens is 1. The van der Waals surface area contributed by atoms with Crippen LogP contribution >= 0.6 is 0 Å². The summed E-state index contributed by atoms with van der Waals surface area (Å²) in [5.41, 5.74) is 0.913. The highest BCUT2D eigenvalue weighted by molar-refractivity contribution is 5.40. The van der Waals surface area contributed by atoms with Crippen LogP contribution in [0.3, 0.4) is 0 Å². The van der Waals surface area contributed by atoms with Crippen LogP contribution in [0, 0.1) is 5.95 Å². The Balaban J connectivity index is 1.91. The Kier molecular flexibility index (Phi) is 3.72. The van der Waals surface area contributed by atoms with E-state index >= 15 is 0 Å². The molecule has 1 aliphatic rings. The molecule has 0 aliphatic carbocycles. The molecule has 1 unspecified atom stereocenters. The molecular formula is C12H18FN3. The maximum atomic E-state index is 12.6. The van der Waals surface area contributed by atoms with Crippen LogP contribution in [0.15, 0.2) is 18.3 Å². The second kappa shape index (κ2) is 5.25. The van der Waals surface area contributed by atoms with E-state index in [9.17, 15) is 4.39 Å². The number of nitrogens with one attached hydrogen (secondary N) is 1. The van der Waals surface area contributed by atoms with Gasteiger partial charge in [-0.25, -0.2) is 4.98 Å². The predicted octanol–water partition coefficient (Wildman–Crippen LogP) is 2.12. The molecule has 3 nitrogen and oxygen atoms in total. The number of pyridine rings is 1. The summed E-state index contributed by atoms with van der Waals surface area (Å²) >= 11 is 0. The van der Waals surface area contributed by atoms with E-state index in [0.717, 1.165) is 18.7 Å². The first kappa shape index (κ1) is 11.3. The Morgan fingerprint density at radius 1 is 1.38 bits per heavy atom. The molecule has 0 spiro atoms. The molecule has 1 atom stereocenters. The van der Waals surface area contributed by atoms with E-state index in [1.54, 1.807) is 12.3 Å². The molecule has 88 valence electrons. The van der Waals surface area contributed by atoms with Crippen molar-refractivity contribution in [2.24, 2.45) is 0 Å². The third-order valence-corrected chi connectivity index (χ3v) is 3.05. The molecule has 2 rings (SSSR count). The summed E-state index contributed by atoms with van der Waals surface area (Å²) in [4.78, 5) is 6.00. The Labute approximate surface area is 95.7 Å². The number of halogens is 1. The lowest BCUT2D eigenvalue weighted by Crippen LogP contribution is -2.23. The molecular weight excluding hydrogens is 205 g/mol. The fraction of sp³-hybridized carbons (Fsp3) is 0.583. The van der Waals surface area contributed by atoms with Gasteiger partial charge >= 0.3 is 0 Å². The van der Waals surface area contributed by atoms with Crippen molar-refractivity contribution in [3.8, 4) is 0 Å². The van der Waals surface area contributed by atoms with Crippen LogP contribution in [0.1, 0.15) is 19.3 Å². The Morgan fingerprint density at radius 2 is 2.25 bits per heavy atom.